The molecule has 1 aliphatic rings. The van der Waals surface area contributed by atoms with Crippen molar-refractivity contribution in [2.75, 3.05) is 0 Å². The number of primary amides is 1. The fraction of sp³-hybridized carbons (Fsp3) is 0.448. The second-order valence-electron chi connectivity index (χ2n) is 11.0. The van der Waals surface area contributed by atoms with Gasteiger partial charge >= 0.3 is 0 Å². The molecular formula is C29H36N4O4. The third kappa shape index (κ3) is 6.50. The SMILES string of the molecule is CC1(C)CCC(O)([C@@H](C[C@H](O)[C@H](Cc2ccccc2)NC(=O)c2cnc3ccccc3n2)C(N)=O)CC1. The number of para-hydroxylation sites is 2. The number of fused-ring (bicyclic) bond motifs is 1. The second kappa shape index (κ2) is 10.9. The van der Waals surface area contributed by atoms with Gasteiger partial charge in [0, 0.05) is 0 Å². The lowest BCUT2D eigenvalue weighted by Crippen LogP contribution is -2.53. The fourth-order valence-corrected chi connectivity index (χ4v) is 5.17. The molecule has 1 fully saturated rings. The van der Waals surface area contributed by atoms with E-state index >= 15 is 0 Å². The molecule has 1 saturated carbocycles. The maximum absolute atomic E-state index is 13.2. The van der Waals surface area contributed by atoms with Gasteiger partial charge in [0.1, 0.15) is 5.69 Å². The molecule has 196 valence electrons. The third-order valence-corrected chi connectivity index (χ3v) is 7.70. The zero-order valence-corrected chi connectivity index (χ0v) is 21.4. The van der Waals surface area contributed by atoms with Crippen LogP contribution in [0.5, 0.6) is 0 Å². The van der Waals surface area contributed by atoms with E-state index in [-0.39, 0.29) is 17.5 Å². The molecule has 0 radical (unpaired) electrons. The van der Waals surface area contributed by atoms with Gasteiger partial charge in [0.2, 0.25) is 5.91 Å². The molecule has 3 atom stereocenters. The van der Waals surface area contributed by atoms with Crippen LogP contribution in [-0.2, 0) is 11.2 Å². The van der Waals surface area contributed by atoms with E-state index in [1.165, 1.54) is 6.20 Å². The van der Waals surface area contributed by atoms with E-state index in [0.717, 1.165) is 18.4 Å². The van der Waals surface area contributed by atoms with Crippen molar-refractivity contribution in [2.24, 2.45) is 17.1 Å². The van der Waals surface area contributed by atoms with Gasteiger partial charge in [0.05, 0.1) is 40.9 Å². The Morgan fingerprint density at radius 1 is 1.00 bits per heavy atom. The highest BCUT2D eigenvalue weighted by molar-refractivity contribution is 5.94. The summed E-state index contributed by atoms with van der Waals surface area (Å²) in [5, 5.41) is 25.6. The maximum atomic E-state index is 13.2. The summed E-state index contributed by atoms with van der Waals surface area (Å²) in [5.41, 5.74) is 6.85. The highest BCUT2D eigenvalue weighted by Gasteiger charge is 2.46. The lowest BCUT2D eigenvalue weighted by molar-refractivity contribution is -0.140. The summed E-state index contributed by atoms with van der Waals surface area (Å²) in [7, 11) is 0. The van der Waals surface area contributed by atoms with E-state index in [2.05, 4.69) is 29.1 Å². The van der Waals surface area contributed by atoms with Crippen molar-refractivity contribution in [3.63, 3.8) is 0 Å². The maximum Gasteiger partial charge on any atom is 0.271 e. The van der Waals surface area contributed by atoms with Crippen molar-refractivity contribution in [1.82, 2.24) is 15.3 Å². The highest BCUT2D eigenvalue weighted by Crippen LogP contribution is 2.44. The van der Waals surface area contributed by atoms with Crippen LogP contribution >= 0.6 is 0 Å². The van der Waals surface area contributed by atoms with Crippen LogP contribution in [0.1, 0.15) is 62.0 Å². The standard InChI is InChI=1S/C29H36N4O4/c1-28(2)12-14-29(37,15-13-28)20(26(30)35)17-25(34)23(16-19-8-4-3-5-9-19)33-27(36)24-18-31-21-10-6-7-11-22(21)32-24/h3-11,18,20,23,25,34,37H,12-17H2,1-2H3,(H2,30,35)(H,33,36)/t20-,23-,25-/m0/s1. The summed E-state index contributed by atoms with van der Waals surface area (Å²) in [4.78, 5) is 34.4. The Morgan fingerprint density at radius 3 is 2.27 bits per heavy atom. The van der Waals surface area contributed by atoms with Crippen LogP contribution in [0.25, 0.3) is 11.0 Å². The summed E-state index contributed by atoms with van der Waals surface area (Å²) in [6, 6.07) is 16.0. The van der Waals surface area contributed by atoms with Crippen LogP contribution in [-0.4, -0.2) is 49.7 Å². The third-order valence-electron chi connectivity index (χ3n) is 7.70. The average molecular weight is 505 g/mol. The highest BCUT2D eigenvalue weighted by atomic mass is 16.3. The molecule has 37 heavy (non-hydrogen) atoms. The number of carbonyl (C=O) groups excluding carboxylic acids is 2. The van der Waals surface area contributed by atoms with Gasteiger partial charge in [-0.3, -0.25) is 14.6 Å². The Labute approximate surface area is 217 Å². The summed E-state index contributed by atoms with van der Waals surface area (Å²) < 4.78 is 0. The van der Waals surface area contributed by atoms with Gasteiger partial charge in [0.15, 0.2) is 0 Å². The van der Waals surface area contributed by atoms with Crippen molar-refractivity contribution < 1.29 is 19.8 Å². The van der Waals surface area contributed by atoms with E-state index in [1.54, 1.807) is 6.07 Å². The molecule has 8 nitrogen and oxygen atoms in total. The topological polar surface area (TPSA) is 138 Å². The minimum absolute atomic E-state index is 0.0621. The summed E-state index contributed by atoms with van der Waals surface area (Å²) in [6.07, 6.45) is 2.92. The summed E-state index contributed by atoms with van der Waals surface area (Å²) in [6.45, 7) is 4.28. The predicted molar refractivity (Wildman–Crippen MR) is 141 cm³/mol. The largest absolute Gasteiger partial charge is 0.391 e. The molecule has 0 spiro atoms. The molecule has 3 aromatic rings. The van der Waals surface area contributed by atoms with Crippen LogP contribution in [0.4, 0.5) is 0 Å². The molecule has 1 heterocycles. The van der Waals surface area contributed by atoms with Crippen LogP contribution in [0, 0.1) is 11.3 Å². The zero-order chi connectivity index (χ0) is 26.6. The number of nitrogens with two attached hydrogens (primary N) is 1. The van der Waals surface area contributed by atoms with Gasteiger partial charge in [-0.25, -0.2) is 4.98 Å². The molecule has 1 aliphatic carbocycles. The Bertz CT molecular complexity index is 1240. The number of hydrogen-bond acceptors (Lipinski definition) is 6. The van der Waals surface area contributed by atoms with Crippen LogP contribution in [0.15, 0.2) is 60.8 Å². The Kier molecular flexibility index (Phi) is 7.90. The van der Waals surface area contributed by atoms with Crippen molar-refractivity contribution in [1.29, 1.82) is 0 Å². The van der Waals surface area contributed by atoms with E-state index in [4.69, 9.17) is 5.73 Å². The Balaban J connectivity index is 1.55. The first kappa shape index (κ1) is 26.7. The van der Waals surface area contributed by atoms with E-state index in [0.29, 0.717) is 30.3 Å². The lowest BCUT2D eigenvalue weighted by atomic mass is 9.65. The molecule has 0 unspecified atom stereocenters. The zero-order valence-electron chi connectivity index (χ0n) is 21.4. The molecule has 2 amide bonds. The van der Waals surface area contributed by atoms with Gasteiger partial charge < -0.3 is 21.3 Å². The van der Waals surface area contributed by atoms with Gasteiger partial charge in [-0.15, -0.1) is 0 Å². The number of benzene rings is 2. The number of aliphatic hydroxyl groups excluding tert-OH is 1. The fourth-order valence-electron chi connectivity index (χ4n) is 5.17. The van der Waals surface area contributed by atoms with E-state index < -0.39 is 35.5 Å². The molecule has 0 aliphatic heterocycles. The molecule has 2 aromatic carbocycles. The molecular weight excluding hydrogens is 468 g/mol. The number of amides is 2. The first-order valence-corrected chi connectivity index (χ1v) is 12.8. The van der Waals surface area contributed by atoms with Crippen LogP contribution in [0.2, 0.25) is 0 Å². The summed E-state index contributed by atoms with van der Waals surface area (Å²) >= 11 is 0. The number of hydrogen-bond donors (Lipinski definition) is 4. The smallest absolute Gasteiger partial charge is 0.271 e. The van der Waals surface area contributed by atoms with Gasteiger partial charge in [-0.1, -0.05) is 56.3 Å². The molecule has 8 heteroatoms. The number of rotatable bonds is 9. The van der Waals surface area contributed by atoms with Crippen LogP contribution in [0.3, 0.4) is 0 Å². The number of carbonyl (C=O) groups is 2. The van der Waals surface area contributed by atoms with Gasteiger partial charge in [0.25, 0.3) is 5.91 Å². The molecule has 0 saturated heterocycles. The molecule has 4 rings (SSSR count). The Morgan fingerprint density at radius 2 is 1.62 bits per heavy atom. The average Bonchev–Trinajstić information content (AvgIpc) is 2.88. The Hall–Kier alpha value is -3.36. The van der Waals surface area contributed by atoms with Crippen LogP contribution < -0.4 is 11.1 Å². The normalized spacial score (nSPS) is 19.0. The lowest BCUT2D eigenvalue weighted by Gasteiger charge is -2.44. The first-order chi connectivity index (χ1) is 17.6. The van der Waals surface area contributed by atoms with Gasteiger partial charge in [-0.05, 0) is 61.6 Å². The molecule has 5 N–H and O–H groups in total. The van der Waals surface area contributed by atoms with Gasteiger partial charge in [-0.2, -0.15) is 0 Å². The predicted octanol–water partition coefficient (Wildman–Crippen LogP) is 3.15. The minimum atomic E-state index is -1.28. The summed E-state index contributed by atoms with van der Waals surface area (Å²) in [5.74, 6) is -2.06. The van der Waals surface area contributed by atoms with E-state index in [1.807, 2.05) is 48.5 Å². The molecule has 1 aromatic heterocycles. The number of nitrogens with one attached hydrogen (secondary N) is 1. The van der Waals surface area contributed by atoms with Crippen molar-refractivity contribution in [3.05, 3.63) is 72.1 Å². The monoisotopic (exact) mass is 504 g/mol. The second-order valence-corrected chi connectivity index (χ2v) is 11.0. The molecule has 0 bridgehead atoms. The van der Waals surface area contributed by atoms with Crippen molar-refractivity contribution in [2.45, 2.75) is 70.1 Å². The van der Waals surface area contributed by atoms with Crippen molar-refractivity contribution >= 4 is 22.8 Å². The number of aliphatic hydroxyl groups is 2. The van der Waals surface area contributed by atoms with Crippen molar-refractivity contribution in [3.8, 4) is 0 Å². The minimum Gasteiger partial charge on any atom is -0.391 e. The van der Waals surface area contributed by atoms with E-state index in [9.17, 15) is 19.8 Å². The first-order valence-electron chi connectivity index (χ1n) is 12.8. The quantitative estimate of drug-likeness (QED) is 0.353. The number of nitrogens with zero attached hydrogens (tertiary/aromatic N) is 2. The number of aromatic nitrogens is 2.